The summed E-state index contributed by atoms with van der Waals surface area (Å²) in [5.41, 5.74) is 4.05. The van der Waals surface area contributed by atoms with E-state index in [-0.39, 0.29) is 0 Å². The molecule has 0 amide bonds. The van der Waals surface area contributed by atoms with Gasteiger partial charge in [0.1, 0.15) is 11.5 Å². The van der Waals surface area contributed by atoms with E-state index >= 15 is 0 Å². The number of fused-ring (bicyclic) bond motifs is 6. The molecular weight excluding hydrogens is 328 g/mol. The Morgan fingerprint density at radius 2 is 1.08 bits per heavy atom. The van der Waals surface area contributed by atoms with Gasteiger partial charge in [0.25, 0.3) is 0 Å². The maximum atomic E-state index is 5.79. The molecule has 0 aliphatic heterocycles. The average Bonchev–Trinajstić information content (AvgIpc) is 3.23. The van der Waals surface area contributed by atoms with Crippen LogP contribution < -0.4 is 14.2 Å². The smallest absolute Gasteiger partial charge is 0.166 e. The summed E-state index contributed by atoms with van der Waals surface area (Å²) < 4.78 is 16.6. The van der Waals surface area contributed by atoms with Crippen molar-refractivity contribution in [2.45, 2.75) is 0 Å². The molecule has 130 valence electrons. The SMILES string of the molecule is COc1ccc2[nH]c3c(OC)c4[nH]c5ccc(OC)cc5c4cc3c2c1. The highest BCUT2D eigenvalue weighted by molar-refractivity contribution is 6.20. The first-order valence-corrected chi connectivity index (χ1v) is 8.39. The molecule has 5 heteroatoms. The van der Waals surface area contributed by atoms with Crippen molar-refractivity contribution >= 4 is 43.6 Å². The second kappa shape index (κ2) is 5.33. The van der Waals surface area contributed by atoms with Crippen LogP contribution in [0.4, 0.5) is 0 Å². The number of methoxy groups -OCH3 is 3. The van der Waals surface area contributed by atoms with Crippen molar-refractivity contribution in [2.24, 2.45) is 0 Å². The molecule has 0 saturated carbocycles. The predicted octanol–water partition coefficient (Wildman–Crippen LogP) is 4.98. The molecule has 0 unspecified atom stereocenters. The summed E-state index contributed by atoms with van der Waals surface area (Å²) in [6.45, 7) is 0. The van der Waals surface area contributed by atoms with Gasteiger partial charge in [-0.3, -0.25) is 0 Å². The third-order valence-electron chi connectivity index (χ3n) is 5.04. The van der Waals surface area contributed by atoms with Crippen LogP contribution in [0, 0.1) is 0 Å². The lowest BCUT2D eigenvalue weighted by atomic mass is 10.1. The minimum atomic E-state index is 0.808. The van der Waals surface area contributed by atoms with Crippen LogP contribution in [-0.4, -0.2) is 31.3 Å². The molecule has 26 heavy (non-hydrogen) atoms. The largest absolute Gasteiger partial charge is 0.497 e. The lowest BCUT2D eigenvalue weighted by molar-refractivity contribution is 0.415. The highest BCUT2D eigenvalue weighted by atomic mass is 16.5. The minimum Gasteiger partial charge on any atom is -0.497 e. The summed E-state index contributed by atoms with van der Waals surface area (Å²) in [4.78, 5) is 6.97. The molecule has 0 aliphatic rings. The molecular formula is C21H18N2O3. The highest BCUT2D eigenvalue weighted by Crippen LogP contribution is 2.41. The summed E-state index contributed by atoms with van der Waals surface area (Å²) in [5, 5.41) is 4.42. The van der Waals surface area contributed by atoms with Gasteiger partial charge in [-0.15, -0.1) is 0 Å². The second-order valence-electron chi connectivity index (χ2n) is 6.33. The Bertz CT molecular complexity index is 1200. The molecule has 2 N–H and O–H groups in total. The fourth-order valence-corrected chi connectivity index (χ4v) is 3.77. The van der Waals surface area contributed by atoms with E-state index in [1.54, 1.807) is 21.3 Å². The van der Waals surface area contributed by atoms with Crippen LogP contribution in [0.2, 0.25) is 0 Å². The molecule has 0 spiro atoms. The highest BCUT2D eigenvalue weighted by Gasteiger charge is 2.17. The third kappa shape index (κ3) is 1.91. The van der Waals surface area contributed by atoms with Crippen molar-refractivity contribution in [3.63, 3.8) is 0 Å². The summed E-state index contributed by atoms with van der Waals surface area (Å²) >= 11 is 0. The summed E-state index contributed by atoms with van der Waals surface area (Å²) in [7, 11) is 5.06. The molecule has 0 bridgehead atoms. The van der Waals surface area contributed by atoms with Gasteiger partial charge in [0.05, 0.1) is 32.4 Å². The molecule has 0 saturated heterocycles. The fraction of sp³-hybridized carbons (Fsp3) is 0.143. The molecule has 5 rings (SSSR count). The Hall–Kier alpha value is -3.34. The van der Waals surface area contributed by atoms with Gasteiger partial charge in [-0.25, -0.2) is 0 Å². The maximum absolute atomic E-state index is 5.79. The molecule has 3 aromatic carbocycles. The normalized spacial score (nSPS) is 11.7. The van der Waals surface area contributed by atoms with Gasteiger partial charge in [0.2, 0.25) is 0 Å². The number of aromatic nitrogens is 2. The van der Waals surface area contributed by atoms with E-state index in [0.29, 0.717) is 0 Å². The van der Waals surface area contributed by atoms with Gasteiger partial charge < -0.3 is 24.2 Å². The van der Waals surface area contributed by atoms with Gasteiger partial charge in [0.15, 0.2) is 5.75 Å². The minimum absolute atomic E-state index is 0.808. The van der Waals surface area contributed by atoms with Crippen molar-refractivity contribution in [3.05, 3.63) is 42.5 Å². The molecule has 5 nitrogen and oxygen atoms in total. The number of benzene rings is 3. The zero-order chi connectivity index (χ0) is 17.8. The fourth-order valence-electron chi connectivity index (χ4n) is 3.77. The first-order chi connectivity index (χ1) is 12.7. The van der Waals surface area contributed by atoms with Crippen LogP contribution in [0.5, 0.6) is 17.2 Å². The zero-order valence-electron chi connectivity index (χ0n) is 14.8. The predicted molar refractivity (Wildman–Crippen MR) is 105 cm³/mol. The summed E-state index contributed by atoms with van der Waals surface area (Å²) in [6, 6.07) is 14.3. The van der Waals surface area contributed by atoms with Gasteiger partial charge in [-0.2, -0.15) is 0 Å². The van der Waals surface area contributed by atoms with Crippen LogP contribution in [0.25, 0.3) is 43.6 Å². The summed E-state index contributed by atoms with van der Waals surface area (Å²) in [6.07, 6.45) is 0. The standard InChI is InChI=1S/C21H18N2O3/c1-24-11-4-6-17-13(8-11)15-10-16-14-9-12(25-2)5-7-18(14)23-20(16)21(26-3)19(15)22-17/h4-10,22-23H,1-3H3. The van der Waals surface area contributed by atoms with Crippen LogP contribution in [0.3, 0.4) is 0 Å². The van der Waals surface area contributed by atoms with Gasteiger partial charge in [-0.05, 0) is 42.5 Å². The molecule has 0 atom stereocenters. The van der Waals surface area contributed by atoms with Crippen molar-refractivity contribution in [3.8, 4) is 17.2 Å². The number of aromatic amines is 2. The van der Waals surface area contributed by atoms with E-state index in [2.05, 4.69) is 28.2 Å². The lowest BCUT2D eigenvalue weighted by Crippen LogP contribution is -1.86. The Kier molecular flexibility index (Phi) is 3.06. The van der Waals surface area contributed by atoms with E-state index in [0.717, 1.165) is 60.9 Å². The lowest BCUT2D eigenvalue weighted by Gasteiger charge is -2.04. The van der Waals surface area contributed by atoms with E-state index in [9.17, 15) is 0 Å². The Morgan fingerprint density at radius 1 is 0.577 bits per heavy atom. The van der Waals surface area contributed by atoms with Crippen molar-refractivity contribution in [1.82, 2.24) is 9.97 Å². The number of hydrogen-bond donors (Lipinski definition) is 2. The molecule has 0 fully saturated rings. The number of nitrogens with one attached hydrogen (secondary N) is 2. The summed E-state index contributed by atoms with van der Waals surface area (Å²) in [5.74, 6) is 2.47. The Labute approximate surface area is 149 Å². The number of rotatable bonds is 3. The van der Waals surface area contributed by atoms with Crippen molar-refractivity contribution in [2.75, 3.05) is 21.3 Å². The molecule has 0 radical (unpaired) electrons. The Balaban J connectivity index is 1.98. The van der Waals surface area contributed by atoms with Crippen LogP contribution in [0.1, 0.15) is 0 Å². The van der Waals surface area contributed by atoms with Gasteiger partial charge >= 0.3 is 0 Å². The number of H-pyrrole nitrogens is 2. The van der Waals surface area contributed by atoms with E-state index in [1.807, 2.05) is 24.3 Å². The van der Waals surface area contributed by atoms with E-state index in [4.69, 9.17) is 14.2 Å². The average molecular weight is 346 g/mol. The first-order valence-electron chi connectivity index (χ1n) is 8.39. The molecule has 5 aromatic rings. The van der Waals surface area contributed by atoms with E-state index in [1.165, 1.54) is 0 Å². The van der Waals surface area contributed by atoms with E-state index < -0.39 is 0 Å². The Morgan fingerprint density at radius 3 is 1.50 bits per heavy atom. The van der Waals surface area contributed by atoms with Gasteiger partial charge in [-0.1, -0.05) is 0 Å². The topological polar surface area (TPSA) is 59.3 Å². The van der Waals surface area contributed by atoms with Crippen LogP contribution in [0.15, 0.2) is 42.5 Å². The number of ether oxygens (including phenoxy) is 3. The zero-order valence-corrected chi connectivity index (χ0v) is 14.8. The first kappa shape index (κ1) is 15.0. The maximum Gasteiger partial charge on any atom is 0.166 e. The number of hydrogen-bond acceptors (Lipinski definition) is 3. The molecule has 2 aromatic heterocycles. The quantitative estimate of drug-likeness (QED) is 0.484. The molecule has 0 aliphatic carbocycles. The van der Waals surface area contributed by atoms with Crippen LogP contribution >= 0.6 is 0 Å². The van der Waals surface area contributed by atoms with Crippen LogP contribution in [-0.2, 0) is 0 Å². The van der Waals surface area contributed by atoms with Crippen molar-refractivity contribution < 1.29 is 14.2 Å². The monoisotopic (exact) mass is 346 g/mol. The third-order valence-corrected chi connectivity index (χ3v) is 5.04. The van der Waals surface area contributed by atoms with Crippen molar-refractivity contribution in [1.29, 1.82) is 0 Å². The molecule has 2 heterocycles. The van der Waals surface area contributed by atoms with Gasteiger partial charge in [0, 0.05) is 32.6 Å². The second-order valence-corrected chi connectivity index (χ2v) is 6.33.